The largest absolute Gasteiger partial charge is 0.348 e. The number of benzene rings is 1. The van der Waals surface area contributed by atoms with Crippen LogP contribution in [0.15, 0.2) is 42.7 Å². The second-order valence-corrected chi connectivity index (χ2v) is 4.53. The Morgan fingerprint density at radius 1 is 1.11 bits per heavy atom. The van der Waals surface area contributed by atoms with Gasteiger partial charge in [-0.25, -0.2) is 0 Å². The third kappa shape index (κ3) is 2.58. The number of carbonyl (C=O) groups excluding carboxylic acids is 1. The first kappa shape index (κ1) is 11.7. The molecule has 0 radical (unpaired) electrons. The van der Waals surface area contributed by atoms with Gasteiger partial charge in [0.05, 0.1) is 11.7 Å². The van der Waals surface area contributed by atoms with Gasteiger partial charge < -0.3 is 5.32 Å². The van der Waals surface area contributed by atoms with Crippen molar-refractivity contribution in [2.24, 2.45) is 0 Å². The molecule has 0 unspecified atom stereocenters. The lowest BCUT2D eigenvalue weighted by atomic mass is 10.2. The summed E-state index contributed by atoms with van der Waals surface area (Å²) in [7, 11) is 0. The summed E-state index contributed by atoms with van der Waals surface area (Å²) < 4.78 is 8.23. The van der Waals surface area contributed by atoms with Crippen LogP contribution in [-0.4, -0.2) is 19.6 Å². The number of fused-ring (bicyclic) bond motifs is 1. The van der Waals surface area contributed by atoms with E-state index in [2.05, 4.69) is 19.0 Å². The Hall–Kier alpha value is -2.34. The molecule has 0 saturated heterocycles. The fraction of sp³-hybridized carbons (Fsp3) is 0.0769. The molecule has 2 aromatic heterocycles. The third-order valence-corrected chi connectivity index (χ3v) is 3.28. The first-order valence-corrected chi connectivity index (χ1v) is 6.45. The van der Waals surface area contributed by atoms with E-state index in [1.807, 2.05) is 12.1 Å². The highest BCUT2D eigenvalue weighted by Gasteiger charge is 2.07. The van der Waals surface area contributed by atoms with Crippen molar-refractivity contribution in [2.75, 3.05) is 0 Å². The minimum atomic E-state index is -0.119. The first-order chi connectivity index (χ1) is 9.33. The second kappa shape index (κ2) is 5.11. The van der Waals surface area contributed by atoms with Crippen LogP contribution in [0.25, 0.3) is 11.0 Å². The molecule has 0 fully saturated rings. The Morgan fingerprint density at radius 3 is 2.74 bits per heavy atom. The third-order valence-electron chi connectivity index (χ3n) is 2.72. The summed E-state index contributed by atoms with van der Waals surface area (Å²) in [5.41, 5.74) is 3.17. The molecule has 94 valence electrons. The second-order valence-electron chi connectivity index (χ2n) is 4.01. The van der Waals surface area contributed by atoms with Gasteiger partial charge in [-0.2, -0.15) is 8.75 Å². The molecule has 1 aromatic carbocycles. The maximum Gasteiger partial charge on any atom is 0.251 e. The number of hydrogen-bond acceptors (Lipinski definition) is 5. The van der Waals surface area contributed by atoms with E-state index in [1.165, 1.54) is 0 Å². The van der Waals surface area contributed by atoms with Gasteiger partial charge in [-0.05, 0) is 35.9 Å². The zero-order chi connectivity index (χ0) is 13.1. The zero-order valence-corrected chi connectivity index (χ0v) is 10.7. The van der Waals surface area contributed by atoms with Gasteiger partial charge in [0.2, 0.25) is 0 Å². The highest BCUT2D eigenvalue weighted by Crippen LogP contribution is 2.13. The summed E-state index contributed by atoms with van der Waals surface area (Å²) in [5, 5.41) is 2.86. The van der Waals surface area contributed by atoms with Crippen molar-refractivity contribution in [1.29, 1.82) is 0 Å². The van der Waals surface area contributed by atoms with Crippen molar-refractivity contribution >= 4 is 28.7 Å². The van der Waals surface area contributed by atoms with Crippen molar-refractivity contribution in [3.05, 3.63) is 53.9 Å². The van der Waals surface area contributed by atoms with Crippen LogP contribution in [0.1, 0.15) is 15.9 Å². The van der Waals surface area contributed by atoms with E-state index >= 15 is 0 Å². The highest BCUT2D eigenvalue weighted by molar-refractivity contribution is 7.00. The molecule has 2 heterocycles. The lowest BCUT2D eigenvalue weighted by molar-refractivity contribution is 0.0951. The summed E-state index contributed by atoms with van der Waals surface area (Å²) in [5.74, 6) is -0.119. The predicted octanol–water partition coefficient (Wildman–Crippen LogP) is 2.02. The molecule has 3 aromatic rings. The van der Waals surface area contributed by atoms with Gasteiger partial charge >= 0.3 is 0 Å². The number of amides is 1. The van der Waals surface area contributed by atoms with E-state index in [-0.39, 0.29) is 5.91 Å². The molecule has 3 rings (SSSR count). The highest BCUT2D eigenvalue weighted by atomic mass is 32.1. The molecular weight excluding hydrogens is 260 g/mol. The molecule has 0 bridgehead atoms. The Bertz CT molecular complexity index is 711. The number of nitrogens with zero attached hydrogens (tertiary/aromatic N) is 3. The SMILES string of the molecule is O=C(NCc1ccncc1)c1ccc2nsnc2c1. The maximum atomic E-state index is 12.0. The smallest absolute Gasteiger partial charge is 0.251 e. The van der Waals surface area contributed by atoms with Gasteiger partial charge in [0, 0.05) is 24.5 Å². The number of nitrogens with one attached hydrogen (secondary N) is 1. The van der Waals surface area contributed by atoms with Crippen LogP contribution >= 0.6 is 11.7 Å². The molecule has 0 aliphatic heterocycles. The van der Waals surface area contributed by atoms with Crippen LogP contribution in [-0.2, 0) is 6.54 Å². The predicted molar refractivity (Wildman–Crippen MR) is 72.8 cm³/mol. The normalized spacial score (nSPS) is 10.5. The fourth-order valence-corrected chi connectivity index (χ4v) is 2.23. The number of rotatable bonds is 3. The van der Waals surface area contributed by atoms with Crippen LogP contribution in [0.3, 0.4) is 0 Å². The summed E-state index contributed by atoms with van der Waals surface area (Å²) in [4.78, 5) is 15.9. The number of aromatic nitrogens is 3. The number of carbonyl (C=O) groups is 1. The van der Waals surface area contributed by atoms with Crippen molar-refractivity contribution in [3.8, 4) is 0 Å². The van der Waals surface area contributed by atoms with Crippen LogP contribution in [0, 0.1) is 0 Å². The minimum Gasteiger partial charge on any atom is -0.348 e. The molecule has 6 heteroatoms. The lowest BCUT2D eigenvalue weighted by Crippen LogP contribution is -2.22. The summed E-state index contributed by atoms with van der Waals surface area (Å²) in [6.07, 6.45) is 3.41. The quantitative estimate of drug-likeness (QED) is 0.790. The van der Waals surface area contributed by atoms with E-state index in [9.17, 15) is 4.79 Å². The van der Waals surface area contributed by atoms with Gasteiger partial charge in [0.1, 0.15) is 11.0 Å². The molecule has 0 spiro atoms. The van der Waals surface area contributed by atoms with Crippen LogP contribution in [0.2, 0.25) is 0 Å². The summed E-state index contributed by atoms with van der Waals surface area (Å²) >= 11 is 1.14. The van der Waals surface area contributed by atoms with Crippen molar-refractivity contribution in [2.45, 2.75) is 6.54 Å². The molecule has 1 amide bonds. The molecule has 5 nitrogen and oxygen atoms in total. The van der Waals surface area contributed by atoms with Crippen molar-refractivity contribution in [1.82, 2.24) is 19.0 Å². The van der Waals surface area contributed by atoms with Crippen LogP contribution in [0.4, 0.5) is 0 Å². The first-order valence-electron chi connectivity index (χ1n) is 5.72. The van der Waals surface area contributed by atoms with E-state index in [0.717, 1.165) is 28.3 Å². The molecular formula is C13H10N4OS. The Labute approximate surface area is 113 Å². The fourth-order valence-electron chi connectivity index (χ4n) is 1.71. The Balaban J connectivity index is 1.73. The monoisotopic (exact) mass is 270 g/mol. The van der Waals surface area contributed by atoms with Crippen molar-refractivity contribution in [3.63, 3.8) is 0 Å². The molecule has 19 heavy (non-hydrogen) atoms. The zero-order valence-electron chi connectivity index (χ0n) is 9.91. The average Bonchev–Trinajstić information content (AvgIpc) is 2.93. The maximum absolute atomic E-state index is 12.0. The van der Waals surface area contributed by atoms with Crippen molar-refractivity contribution < 1.29 is 4.79 Å². The van der Waals surface area contributed by atoms with Gasteiger partial charge in [-0.3, -0.25) is 9.78 Å². The molecule has 0 aliphatic rings. The van der Waals surface area contributed by atoms with E-state index in [1.54, 1.807) is 30.6 Å². The number of pyridine rings is 1. The Kier molecular flexibility index (Phi) is 3.16. The van der Waals surface area contributed by atoms with Crippen LogP contribution < -0.4 is 5.32 Å². The van der Waals surface area contributed by atoms with Gasteiger partial charge in [-0.15, -0.1) is 0 Å². The average molecular weight is 270 g/mol. The van der Waals surface area contributed by atoms with E-state index in [4.69, 9.17) is 0 Å². The van der Waals surface area contributed by atoms with E-state index in [0.29, 0.717) is 12.1 Å². The van der Waals surface area contributed by atoms with Gasteiger partial charge in [0.25, 0.3) is 5.91 Å². The van der Waals surface area contributed by atoms with E-state index < -0.39 is 0 Å². The minimum absolute atomic E-state index is 0.119. The lowest BCUT2D eigenvalue weighted by Gasteiger charge is -2.04. The van der Waals surface area contributed by atoms with Crippen LogP contribution in [0.5, 0.6) is 0 Å². The molecule has 0 saturated carbocycles. The molecule has 0 atom stereocenters. The summed E-state index contributed by atoms with van der Waals surface area (Å²) in [6.45, 7) is 0.481. The van der Waals surface area contributed by atoms with Gasteiger partial charge in [-0.1, -0.05) is 0 Å². The standard InChI is InChI=1S/C13H10N4OS/c18-13(15-8-9-3-5-14-6-4-9)10-1-2-11-12(7-10)17-19-16-11/h1-7H,8H2,(H,15,18). The Morgan fingerprint density at radius 2 is 1.89 bits per heavy atom. The topological polar surface area (TPSA) is 67.8 Å². The number of hydrogen-bond donors (Lipinski definition) is 1. The molecule has 0 aliphatic carbocycles. The summed E-state index contributed by atoms with van der Waals surface area (Å²) in [6, 6.07) is 9.05. The van der Waals surface area contributed by atoms with Gasteiger partial charge in [0.15, 0.2) is 0 Å². The molecule has 1 N–H and O–H groups in total.